The molecular formula is C20H31N3O3. The molecule has 6 heteroatoms. The number of guanidine groups is 1. The van der Waals surface area contributed by atoms with Gasteiger partial charge in [-0.2, -0.15) is 0 Å². The lowest BCUT2D eigenvalue weighted by Gasteiger charge is -2.42. The van der Waals surface area contributed by atoms with E-state index >= 15 is 0 Å². The van der Waals surface area contributed by atoms with Crippen LogP contribution in [0.2, 0.25) is 0 Å². The molecule has 1 aromatic carbocycles. The number of para-hydroxylation sites is 1. The van der Waals surface area contributed by atoms with Gasteiger partial charge < -0.3 is 24.8 Å². The first-order chi connectivity index (χ1) is 12.8. The molecule has 1 aliphatic carbocycles. The van der Waals surface area contributed by atoms with Crippen LogP contribution in [0.1, 0.15) is 37.7 Å². The number of ether oxygens (including phenoxy) is 3. The summed E-state index contributed by atoms with van der Waals surface area (Å²) in [5.74, 6) is 2.50. The molecule has 0 bridgehead atoms. The Labute approximate surface area is 156 Å². The molecule has 1 heterocycles. The molecular weight excluding hydrogens is 330 g/mol. The van der Waals surface area contributed by atoms with Gasteiger partial charge in [0.1, 0.15) is 0 Å². The topological polar surface area (TPSA) is 64.1 Å². The van der Waals surface area contributed by atoms with Crippen LogP contribution in [0.15, 0.2) is 23.2 Å². The Morgan fingerprint density at radius 1 is 1.19 bits per heavy atom. The summed E-state index contributed by atoms with van der Waals surface area (Å²) >= 11 is 0. The van der Waals surface area contributed by atoms with Crippen LogP contribution in [-0.2, 0) is 11.3 Å². The number of rotatable bonds is 7. The van der Waals surface area contributed by atoms with Crippen molar-refractivity contribution < 1.29 is 14.2 Å². The van der Waals surface area contributed by atoms with Crippen LogP contribution >= 0.6 is 0 Å². The second-order valence-electron chi connectivity index (χ2n) is 7.17. The van der Waals surface area contributed by atoms with E-state index in [9.17, 15) is 0 Å². The summed E-state index contributed by atoms with van der Waals surface area (Å²) in [6.07, 6.45) is 5.85. The summed E-state index contributed by atoms with van der Waals surface area (Å²) in [7, 11) is 3.58. The smallest absolute Gasteiger partial charge is 0.191 e. The zero-order chi connectivity index (χ0) is 18.2. The third-order valence-electron chi connectivity index (χ3n) is 5.40. The number of hydrogen-bond donors (Lipinski definition) is 2. The number of hydrogen-bond acceptors (Lipinski definition) is 4. The van der Waals surface area contributed by atoms with Crippen LogP contribution in [0.5, 0.6) is 11.5 Å². The van der Waals surface area contributed by atoms with E-state index in [1.807, 2.05) is 19.2 Å². The summed E-state index contributed by atoms with van der Waals surface area (Å²) in [6, 6.07) is 6.04. The van der Waals surface area contributed by atoms with Crippen molar-refractivity contribution in [2.45, 2.75) is 38.6 Å². The first-order valence-corrected chi connectivity index (χ1v) is 9.57. The van der Waals surface area contributed by atoms with E-state index in [1.165, 1.54) is 19.3 Å². The maximum atomic E-state index is 5.89. The van der Waals surface area contributed by atoms with E-state index in [1.54, 1.807) is 7.11 Å². The molecule has 0 amide bonds. The molecule has 2 aliphatic rings. The van der Waals surface area contributed by atoms with Crippen molar-refractivity contribution in [3.05, 3.63) is 23.8 Å². The van der Waals surface area contributed by atoms with E-state index < -0.39 is 0 Å². The minimum absolute atomic E-state index is 0.356. The van der Waals surface area contributed by atoms with Crippen LogP contribution in [-0.4, -0.2) is 46.5 Å². The molecule has 3 rings (SSSR count). The van der Waals surface area contributed by atoms with Gasteiger partial charge in [-0.3, -0.25) is 4.99 Å². The molecule has 6 nitrogen and oxygen atoms in total. The number of fused-ring (bicyclic) bond motifs is 1. The Balaban J connectivity index is 1.55. The highest BCUT2D eigenvalue weighted by atomic mass is 16.5. The minimum atomic E-state index is 0.356. The van der Waals surface area contributed by atoms with Gasteiger partial charge in [-0.1, -0.05) is 18.6 Å². The van der Waals surface area contributed by atoms with Gasteiger partial charge >= 0.3 is 0 Å². The number of nitrogens with zero attached hydrogens (tertiary/aromatic N) is 1. The van der Waals surface area contributed by atoms with Crippen LogP contribution in [0.3, 0.4) is 0 Å². The standard InChI is InChI=1S/C20H31N3O3/c1-21-19(23-15-20(8-4-9-20)10-13-24-2)22-14-16-6-3-7-17-18(16)26-12-5-11-25-17/h3,6-7H,4-5,8-15H2,1-2H3,(H2,21,22,23). The van der Waals surface area contributed by atoms with E-state index in [0.717, 1.165) is 49.0 Å². The lowest BCUT2D eigenvalue weighted by Crippen LogP contribution is -2.46. The average Bonchev–Trinajstić information content (AvgIpc) is 2.88. The van der Waals surface area contributed by atoms with E-state index in [4.69, 9.17) is 14.2 Å². The van der Waals surface area contributed by atoms with E-state index in [2.05, 4.69) is 21.7 Å². The monoisotopic (exact) mass is 361 g/mol. The van der Waals surface area contributed by atoms with Gasteiger partial charge in [0.25, 0.3) is 0 Å². The zero-order valence-electron chi connectivity index (χ0n) is 16.0. The molecule has 0 spiro atoms. The quantitative estimate of drug-likeness (QED) is 0.577. The van der Waals surface area contributed by atoms with Crippen molar-refractivity contribution in [1.82, 2.24) is 10.6 Å². The van der Waals surface area contributed by atoms with Gasteiger partial charge in [0.05, 0.1) is 13.2 Å². The predicted octanol–water partition coefficient (Wildman–Crippen LogP) is 2.72. The molecule has 1 aliphatic heterocycles. The Morgan fingerprint density at radius 2 is 2.04 bits per heavy atom. The lowest BCUT2D eigenvalue weighted by molar-refractivity contribution is 0.0732. The third-order valence-corrected chi connectivity index (χ3v) is 5.40. The number of methoxy groups -OCH3 is 1. The normalized spacial score (nSPS) is 18.6. The third kappa shape index (κ3) is 4.61. The molecule has 1 aromatic rings. The highest BCUT2D eigenvalue weighted by Gasteiger charge is 2.36. The SMILES string of the molecule is CN=C(NCc1cccc2c1OCCCO2)NCC1(CCOC)CCC1. The fraction of sp³-hybridized carbons (Fsp3) is 0.650. The van der Waals surface area contributed by atoms with Gasteiger partial charge in [0.2, 0.25) is 0 Å². The molecule has 2 N–H and O–H groups in total. The highest BCUT2D eigenvalue weighted by molar-refractivity contribution is 5.79. The van der Waals surface area contributed by atoms with Crippen molar-refractivity contribution in [3.63, 3.8) is 0 Å². The van der Waals surface area contributed by atoms with Gasteiger partial charge in [0, 0.05) is 45.8 Å². The van der Waals surface area contributed by atoms with Crippen molar-refractivity contribution in [2.75, 3.05) is 40.5 Å². The molecule has 0 saturated heterocycles. The Hall–Kier alpha value is -1.95. The average molecular weight is 361 g/mol. The van der Waals surface area contributed by atoms with E-state index in [-0.39, 0.29) is 0 Å². The predicted molar refractivity (Wildman–Crippen MR) is 103 cm³/mol. The maximum Gasteiger partial charge on any atom is 0.191 e. The molecule has 0 aromatic heterocycles. The largest absolute Gasteiger partial charge is 0.490 e. The summed E-state index contributed by atoms with van der Waals surface area (Å²) in [5, 5.41) is 6.90. The first kappa shape index (κ1) is 18.8. The van der Waals surface area contributed by atoms with Crippen molar-refractivity contribution >= 4 is 5.96 Å². The first-order valence-electron chi connectivity index (χ1n) is 9.57. The van der Waals surface area contributed by atoms with Gasteiger partial charge in [-0.15, -0.1) is 0 Å². The molecule has 1 fully saturated rings. The maximum absolute atomic E-state index is 5.89. The second-order valence-corrected chi connectivity index (χ2v) is 7.17. The van der Waals surface area contributed by atoms with Crippen LogP contribution in [0.25, 0.3) is 0 Å². The number of benzene rings is 1. The van der Waals surface area contributed by atoms with Gasteiger partial charge in [-0.05, 0) is 30.7 Å². The zero-order valence-corrected chi connectivity index (χ0v) is 16.0. The highest BCUT2D eigenvalue weighted by Crippen LogP contribution is 2.43. The molecule has 26 heavy (non-hydrogen) atoms. The van der Waals surface area contributed by atoms with Crippen molar-refractivity contribution in [2.24, 2.45) is 10.4 Å². The number of nitrogens with one attached hydrogen (secondary N) is 2. The molecule has 0 radical (unpaired) electrons. The summed E-state index contributed by atoms with van der Waals surface area (Å²) < 4.78 is 16.9. The minimum Gasteiger partial charge on any atom is -0.490 e. The molecule has 0 unspecified atom stereocenters. The van der Waals surface area contributed by atoms with Crippen molar-refractivity contribution in [1.29, 1.82) is 0 Å². The summed E-state index contributed by atoms with van der Waals surface area (Å²) in [5.41, 5.74) is 1.44. The Bertz CT molecular complexity index is 614. The van der Waals surface area contributed by atoms with Gasteiger partial charge in [0.15, 0.2) is 17.5 Å². The Morgan fingerprint density at radius 3 is 2.77 bits per heavy atom. The van der Waals surface area contributed by atoms with Gasteiger partial charge in [-0.25, -0.2) is 0 Å². The van der Waals surface area contributed by atoms with Crippen LogP contribution < -0.4 is 20.1 Å². The summed E-state index contributed by atoms with van der Waals surface area (Å²) in [4.78, 5) is 4.37. The van der Waals surface area contributed by atoms with Crippen LogP contribution in [0, 0.1) is 5.41 Å². The Kier molecular flexibility index (Phi) is 6.61. The number of aliphatic imine (C=N–C) groups is 1. The lowest BCUT2D eigenvalue weighted by atomic mass is 9.67. The summed E-state index contributed by atoms with van der Waals surface area (Å²) in [6.45, 7) is 3.80. The fourth-order valence-electron chi connectivity index (χ4n) is 3.57. The fourth-order valence-corrected chi connectivity index (χ4v) is 3.57. The van der Waals surface area contributed by atoms with Crippen molar-refractivity contribution in [3.8, 4) is 11.5 Å². The molecule has 1 saturated carbocycles. The second kappa shape index (κ2) is 9.12. The molecule has 0 atom stereocenters. The molecule has 144 valence electrons. The van der Waals surface area contributed by atoms with Crippen LogP contribution in [0.4, 0.5) is 0 Å². The van der Waals surface area contributed by atoms with E-state index in [0.29, 0.717) is 25.2 Å².